The maximum Gasteiger partial charge on any atom is 0.271 e. The highest BCUT2D eigenvalue weighted by Gasteiger charge is 2.04. The van der Waals surface area contributed by atoms with Crippen LogP contribution in [0.15, 0.2) is 47.6 Å². The van der Waals surface area contributed by atoms with Crippen molar-refractivity contribution in [2.75, 3.05) is 12.8 Å². The fraction of sp³-hybridized carbons (Fsp3) is 0.0667. The first-order chi connectivity index (χ1) is 10.1. The second kappa shape index (κ2) is 6.42. The average molecular weight is 285 g/mol. The highest BCUT2D eigenvalue weighted by atomic mass is 16.5. The summed E-state index contributed by atoms with van der Waals surface area (Å²) < 4.78 is 5.05. The number of hydrogen-bond acceptors (Lipinski definition) is 5. The normalized spacial score (nSPS) is 10.5. The molecule has 2 aromatic carbocycles. The van der Waals surface area contributed by atoms with Gasteiger partial charge in [-0.3, -0.25) is 4.79 Å². The number of rotatable bonds is 4. The molecule has 0 saturated heterocycles. The molecule has 4 N–H and O–H groups in total. The van der Waals surface area contributed by atoms with Crippen molar-refractivity contribution in [2.24, 2.45) is 5.10 Å². The van der Waals surface area contributed by atoms with E-state index in [9.17, 15) is 9.90 Å². The van der Waals surface area contributed by atoms with Crippen LogP contribution in [-0.2, 0) is 0 Å². The van der Waals surface area contributed by atoms with Gasteiger partial charge in [-0.25, -0.2) is 5.43 Å². The minimum Gasteiger partial charge on any atom is -0.507 e. The number of ether oxygens (including phenoxy) is 1. The Morgan fingerprint density at radius 2 is 2.00 bits per heavy atom. The number of nitrogens with zero attached hydrogens (tertiary/aromatic N) is 1. The maximum absolute atomic E-state index is 11.8. The van der Waals surface area contributed by atoms with E-state index in [1.807, 2.05) is 0 Å². The quantitative estimate of drug-likeness (QED) is 0.453. The minimum absolute atomic E-state index is 0.0429. The number of hydrogen-bond donors (Lipinski definition) is 3. The number of amides is 1. The molecule has 2 rings (SSSR count). The number of nitrogens with two attached hydrogens (primary N) is 1. The van der Waals surface area contributed by atoms with Crippen molar-refractivity contribution in [3.8, 4) is 11.5 Å². The molecule has 0 aromatic heterocycles. The van der Waals surface area contributed by atoms with Crippen molar-refractivity contribution >= 4 is 17.8 Å². The molecular weight excluding hydrogens is 270 g/mol. The van der Waals surface area contributed by atoms with E-state index in [0.717, 1.165) is 0 Å². The Morgan fingerprint density at radius 1 is 1.29 bits per heavy atom. The zero-order valence-electron chi connectivity index (χ0n) is 11.4. The van der Waals surface area contributed by atoms with Crippen LogP contribution >= 0.6 is 0 Å². The summed E-state index contributed by atoms with van der Waals surface area (Å²) in [5.74, 6) is 0.258. The van der Waals surface area contributed by atoms with Gasteiger partial charge in [-0.05, 0) is 42.5 Å². The first-order valence-corrected chi connectivity index (χ1v) is 6.16. The molecule has 0 spiro atoms. The average Bonchev–Trinajstić information content (AvgIpc) is 2.49. The number of benzene rings is 2. The summed E-state index contributed by atoms with van der Waals surface area (Å²) in [6.07, 6.45) is 1.34. The lowest BCUT2D eigenvalue weighted by Crippen LogP contribution is -2.17. The summed E-state index contributed by atoms with van der Waals surface area (Å²) in [7, 11) is 1.52. The zero-order valence-corrected chi connectivity index (χ0v) is 11.4. The third-order valence-corrected chi connectivity index (χ3v) is 2.78. The van der Waals surface area contributed by atoms with Crippen LogP contribution in [0.3, 0.4) is 0 Å². The van der Waals surface area contributed by atoms with E-state index >= 15 is 0 Å². The maximum atomic E-state index is 11.8. The number of methoxy groups -OCH3 is 1. The van der Waals surface area contributed by atoms with Crippen molar-refractivity contribution in [2.45, 2.75) is 0 Å². The number of anilines is 1. The highest BCUT2D eigenvalue weighted by Crippen LogP contribution is 2.20. The number of phenolic OH excluding ortho intramolecular Hbond substituents is 1. The lowest BCUT2D eigenvalue weighted by atomic mass is 10.2. The van der Waals surface area contributed by atoms with Gasteiger partial charge in [-0.15, -0.1) is 0 Å². The van der Waals surface area contributed by atoms with Crippen molar-refractivity contribution in [1.29, 1.82) is 0 Å². The molecular formula is C15H15N3O3. The number of hydrazone groups is 1. The Kier molecular flexibility index (Phi) is 4.40. The topological polar surface area (TPSA) is 96.9 Å². The lowest BCUT2D eigenvalue weighted by molar-refractivity contribution is 0.0955. The molecule has 108 valence electrons. The Balaban J connectivity index is 2.05. The number of aromatic hydroxyl groups is 1. The van der Waals surface area contributed by atoms with E-state index in [1.54, 1.807) is 36.4 Å². The van der Waals surface area contributed by atoms with Crippen LogP contribution in [-0.4, -0.2) is 24.3 Å². The van der Waals surface area contributed by atoms with Gasteiger partial charge in [0.2, 0.25) is 0 Å². The molecule has 0 atom stereocenters. The van der Waals surface area contributed by atoms with Crippen LogP contribution in [0.4, 0.5) is 5.69 Å². The molecule has 1 amide bonds. The van der Waals surface area contributed by atoms with E-state index in [4.69, 9.17) is 10.5 Å². The van der Waals surface area contributed by atoms with Gasteiger partial charge >= 0.3 is 0 Å². The molecule has 0 radical (unpaired) electrons. The van der Waals surface area contributed by atoms with Crippen molar-refractivity contribution < 1.29 is 14.6 Å². The fourth-order valence-electron chi connectivity index (χ4n) is 1.62. The summed E-state index contributed by atoms with van der Waals surface area (Å²) in [5.41, 5.74) is 9.37. The van der Waals surface area contributed by atoms with Crippen LogP contribution in [0, 0.1) is 0 Å². The molecule has 0 bridgehead atoms. The summed E-state index contributed by atoms with van der Waals surface area (Å²) in [6, 6.07) is 11.2. The molecule has 6 nitrogen and oxygen atoms in total. The fourth-order valence-corrected chi connectivity index (χ4v) is 1.62. The van der Waals surface area contributed by atoms with Crippen LogP contribution < -0.4 is 15.9 Å². The predicted octanol–water partition coefficient (Wildman–Crippen LogP) is 1.75. The molecule has 6 heteroatoms. The number of phenols is 1. The van der Waals surface area contributed by atoms with Crippen LogP contribution in [0.5, 0.6) is 11.5 Å². The number of nitrogen functional groups attached to an aromatic ring is 1. The predicted molar refractivity (Wildman–Crippen MR) is 80.6 cm³/mol. The summed E-state index contributed by atoms with van der Waals surface area (Å²) >= 11 is 0. The van der Waals surface area contributed by atoms with Gasteiger partial charge in [0.15, 0.2) is 0 Å². The van der Waals surface area contributed by atoms with E-state index in [0.29, 0.717) is 22.6 Å². The second-order valence-corrected chi connectivity index (χ2v) is 4.25. The zero-order chi connectivity index (χ0) is 15.2. The minimum atomic E-state index is -0.367. The van der Waals surface area contributed by atoms with Gasteiger partial charge < -0.3 is 15.6 Å². The molecule has 0 unspecified atom stereocenters. The highest BCUT2D eigenvalue weighted by molar-refractivity contribution is 5.95. The van der Waals surface area contributed by atoms with E-state index in [-0.39, 0.29) is 11.7 Å². The Hall–Kier alpha value is -3.02. The standard InChI is InChI=1S/C15H15N3O3/c1-21-13-6-7-14(19)11(8-13)9-17-18-15(20)10-2-4-12(16)5-3-10/h2-9,19H,16H2,1H3,(H,18,20)/b17-9+. The van der Waals surface area contributed by atoms with E-state index in [1.165, 1.54) is 19.4 Å². The van der Waals surface area contributed by atoms with Gasteiger partial charge in [0.25, 0.3) is 5.91 Å². The molecule has 0 saturated carbocycles. The van der Waals surface area contributed by atoms with Gasteiger partial charge in [-0.1, -0.05) is 0 Å². The van der Waals surface area contributed by atoms with Crippen molar-refractivity contribution in [1.82, 2.24) is 5.43 Å². The van der Waals surface area contributed by atoms with Crippen LogP contribution in [0.1, 0.15) is 15.9 Å². The van der Waals surface area contributed by atoms with Crippen molar-refractivity contribution in [3.63, 3.8) is 0 Å². The number of carbonyl (C=O) groups excluding carboxylic acids is 1. The molecule has 0 aliphatic carbocycles. The van der Waals surface area contributed by atoms with Gasteiger partial charge in [-0.2, -0.15) is 5.10 Å². The summed E-state index contributed by atoms with van der Waals surface area (Å²) in [6.45, 7) is 0. The SMILES string of the molecule is COc1ccc(O)c(/C=N/NC(=O)c2ccc(N)cc2)c1. The van der Waals surface area contributed by atoms with Gasteiger partial charge in [0.1, 0.15) is 11.5 Å². The molecule has 21 heavy (non-hydrogen) atoms. The van der Waals surface area contributed by atoms with Crippen LogP contribution in [0.25, 0.3) is 0 Å². The summed E-state index contributed by atoms with van der Waals surface area (Å²) in [5, 5.41) is 13.5. The van der Waals surface area contributed by atoms with Crippen molar-refractivity contribution in [3.05, 3.63) is 53.6 Å². The molecule has 0 heterocycles. The monoisotopic (exact) mass is 285 g/mol. The first-order valence-electron chi connectivity index (χ1n) is 6.16. The Labute approximate surface area is 121 Å². The molecule has 2 aromatic rings. The van der Waals surface area contributed by atoms with E-state index in [2.05, 4.69) is 10.5 Å². The number of carbonyl (C=O) groups is 1. The molecule has 0 aliphatic heterocycles. The van der Waals surface area contributed by atoms with Gasteiger partial charge in [0.05, 0.1) is 13.3 Å². The Morgan fingerprint density at radius 3 is 2.67 bits per heavy atom. The molecule has 0 fully saturated rings. The van der Waals surface area contributed by atoms with Crippen LogP contribution in [0.2, 0.25) is 0 Å². The van der Waals surface area contributed by atoms with Gasteiger partial charge in [0, 0.05) is 16.8 Å². The molecule has 0 aliphatic rings. The smallest absolute Gasteiger partial charge is 0.271 e. The van der Waals surface area contributed by atoms with E-state index < -0.39 is 0 Å². The third-order valence-electron chi connectivity index (χ3n) is 2.78. The summed E-state index contributed by atoms with van der Waals surface area (Å²) in [4.78, 5) is 11.8. The lowest BCUT2D eigenvalue weighted by Gasteiger charge is -2.03. The number of nitrogens with one attached hydrogen (secondary N) is 1. The largest absolute Gasteiger partial charge is 0.507 e. The third kappa shape index (κ3) is 3.73. The Bertz CT molecular complexity index is 666. The first kappa shape index (κ1) is 14.4. The second-order valence-electron chi connectivity index (χ2n) is 4.25.